The van der Waals surface area contributed by atoms with Crippen LogP contribution in [-0.2, 0) is 29.0 Å². The van der Waals surface area contributed by atoms with E-state index in [0.29, 0.717) is 6.54 Å². The number of benzene rings is 1. The fraction of sp³-hybridized carbons (Fsp3) is 0.462. The van der Waals surface area contributed by atoms with E-state index in [9.17, 15) is 4.79 Å². The molecule has 1 aliphatic heterocycles. The minimum absolute atomic E-state index is 0. The molecule has 0 bridgehead atoms. The van der Waals surface area contributed by atoms with E-state index < -0.39 is 5.60 Å². The van der Waals surface area contributed by atoms with Crippen LogP contribution in [0.4, 0.5) is 0 Å². The molecule has 0 fully saturated rings. The number of ether oxygens (including phenoxy) is 1. The van der Waals surface area contributed by atoms with E-state index in [4.69, 9.17) is 4.74 Å². The predicted octanol–water partition coefficient (Wildman–Crippen LogP) is 5.09. The molecule has 3 heterocycles. The first kappa shape index (κ1) is 23.0. The molecule has 5 nitrogen and oxygen atoms in total. The van der Waals surface area contributed by atoms with Crippen LogP contribution in [0.25, 0.3) is 10.9 Å². The zero-order chi connectivity index (χ0) is 21.5. The van der Waals surface area contributed by atoms with Crippen LogP contribution in [0.15, 0.2) is 42.7 Å². The minimum atomic E-state index is -0.527. The van der Waals surface area contributed by atoms with Crippen LogP contribution in [0.5, 0.6) is 0 Å². The number of aromatic nitrogens is 2. The molecular weight excluding hydrogens is 386 g/mol. The summed E-state index contributed by atoms with van der Waals surface area (Å²) in [7, 11) is 2.17. The summed E-state index contributed by atoms with van der Waals surface area (Å²) in [4.78, 5) is 19.7. The lowest BCUT2D eigenvalue weighted by Gasteiger charge is -2.27. The van der Waals surface area contributed by atoms with Crippen molar-refractivity contribution in [3.05, 3.63) is 65.1 Å². The van der Waals surface area contributed by atoms with Gasteiger partial charge in [0.1, 0.15) is 5.60 Å². The Balaban J connectivity index is 0.00000272. The number of pyridine rings is 1. The van der Waals surface area contributed by atoms with Crippen molar-refractivity contribution in [1.82, 2.24) is 14.5 Å². The van der Waals surface area contributed by atoms with E-state index in [1.54, 1.807) is 12.4 Å². The Morgan fingerprint density at radius 3 is 2.58 bits per heavy atom. The van der Waals surface area contributed by atoms with Gasteiger partial charge >= 0.3 is 5.97 Å². The number of hydrogen-bond donors (Lipinski definition) is 0. The van der Waals surface area contributed by atoms with Crippen molar-refractivity contribution < 1.29 is 9.53 Å². The first-order chi connectivity index (χ1) is 14.2. The number of nitrogens with zero attached hydrogens (tertiary/aromatic N) is 3. The molecule has 1 aliphatic rings. The fourth-order valence-corrected chi connectivity index (χ4v) is 4.37. The average Bonchev–Trinajstić information content (AvgIpc) is 2.97. The lowest BCUT2D eigenvalue weighted by atomic mass is 9.99. The topological polar surface area (TPSA) is 47.4 Å². The van der Waals surface area contributed by atoms with E-state index in [-0.39, 0.29) is 19.3 Å². The van der Waals surface area contributed by atoms with Gasteiger partial charge in [0.25, 0.3) is 0 Å². The number of carbonyl (C=O) groups is 1. The van der Waals surface area contributed by atoms with Crippen LogP contribution in [-0.4, -0.2) is 39.6 Å². The van der Waals surface area contributed by atoms with Gasteiger partial charge < -0.3 is 14.2 Å². The lowest BCUT2D eigenvalue weighted by molar-refractivity contribution is -0.157. The Morgan fingerprint density at radius 2 is 1.90 bits per heavy atom. The summed E-state index contributed by atoms with van der Waals surface area (Å²) in [6.07, 6.45) is 4.47. The van der Waals surface area contributed by atoms with Gasteiger partial charge in [-0.1, -0.05) is 19.1 Å². The summed E-state index contributed by atoms with van der Waals surface area (Å²) in [5.74, 6) is -0.572. The number of esters is 1. The molecule has 166 valence electrons. The van der Waals surface area contributed by atoms with Gasteiger partial charge in [0.15, 0.2) is 0 Å². The van der Waals surface area contributed by atoms with Crippen LogP contribution in [0.3, 0.4) is 0 Å². The summed E-state index contributed by atoms with van der Waals surface area (Å²) >= 11 is 0. The van der Waals surface area contributed by atoms with Gasteiger partial charge in [0.05, 0.1) is 5.92 Å². The summed E-state index contributed by atoms with van der Waals surface area (Å²) < 4.78 is 8.17. The first-order valence-corrected chi connectivity index (χ1v) is 10.6. The molecule has 0 N–H and O–H groups in total. The van der Waals surface area contributed by atoms with Gasteiger partial charge in [-0.05, 0) is 70.1 Å². The summed E-state index contributed by atoms with van der Waals surface area (Å²) in [5, 5.41) is 1.30. The summed E-state index contributed by atoms with van der Waals surface area (Å²) in [5.41, 5.74) is 5.60. The summed E-state index contributed by atoms with van der Waals surface area (Å²) in [6, 6.07) is 10.5. The van der Waals surface area contributed by atoms with Gasteiger partial charge in [-0.2, -0.15) is 0 Å². The number of fused-ring (bicyclic) bond motifs is 3. The van der Waals surface area contributed by atoms with Crippen molar-refractivity contribution in [3.8, 4) is 0 Å². The zero-order valence-corrected chi connectivity index (χ0v) is 18.6. The van der Waals surface area contributed by atoms with Crippen LogP contribution < -0.4 is 0 Å². The van der Waals surface area contributed by atoms with Crippen molar-refractivity contribution in [2.24, 2.45) is 0 Å². The lowest BCUT2D eigenvalue weighted by Crippen LogP contribution is -2.31. The molecule has 0 radical (unpaired) electrons. The molecular formula is C26H35N3O2. The van der Waals surface area contributed by atoms with Gasteiger partial charge in [-0.25, -0.2) is 0 Å². The Bertz CT molecular complexity index is 1060. The van der Waals surface area contributed by atoms with E-state index in [1.807, 2.05) is 32.9 Å². The highest BCUT2D eigenvalue weighted by Gasteiger charge is 2.30. The number of hydrogen-bond acceptors (Lipinski definition) is 4. The molecule has 0 spiro atoms. The Hall–Kier alpha value is -2.66. The second-order valence-corrected chi connectivity index (χ2v) is 9.41. The number of rotatable bonds is 4. The molecule has 1 unspecified atom stereocenters. The molecule has 0 amide bonds. The van der Waals surface area contributed by atoms with E-state index in [1.165, 1.54) is 27.7 Å². The third kappa shape index (κ3) is 4.82. The van der Waals surface area contributed by atoms with E-state index >= 15 is 0 Å². The van der Waals surface area contributed by atoms with Crippen molar-refractivity contribution in [2.75, 3.05) is 13.6 Å². The number of carbonyl (C=O) groups excluding carboxylic acids is 1. The monoisotopic (exact) mass is 421 g/mol. The number of aryl methyl sites for hydroxylation is 1. The average molecular weight is 422 g/mol. The van der Waals surface area contributed by atoms with E-state index in [0.717, 1.165) is 25.1 Å². The van der Waals surface area contributed by atoms with Crippen molar-refractivity contribution in [1.29, 1.82) is 0 Å². The van der Waals surface area contributed by atoms with Crippen molar-refractivity contribution >= 4 is 16.9 Å². The van der Waals surface area contributed by atoms with Crippen LogP contribution >= 0.6 is 0 Å². The van der Waals surface area contributed by atoms with Crippen molar-refractivity contribution in [2.45, 2.75) is 66.2 Å². The normalized spacial score (nSPS) is 15.3. The van der Waals surface area contributed by atoms with Gasteiger partial charge in [-0.3, -0.25) is 9.78 Å². The maximum atomic E-state index is 13.2. The molecule has 31 heavy (non-hydrogen) atoms. The first-order valence-electron chi connectivity index (χ1n) is 10.6. The maximum absolute atomic E-state index is 13.2. The van der Waals surface area contributed by atoms with Crippen LogP contribution in [0.1, 0.15) is 56.5 Å². The highest BCUT2D eigenvalue weighted by atomic mass is 16.6. The molecule has 5 heteroatoms. The highest BCUT2D eigenvalue weighted by molar-refractivity contribution is 5.87. The standard InChI is InChI=1S/C25H31N3O2.CH4/c1-17-6-7-22-19(14-17)21-15-27(5)13-10-23(21)28(22)16-20(18-8-11-26-12-9-18)24(29)30-25(2,3)4;/h6-9,11-12,14,20H,10,13,15-16H2,1-5H3;1H4. The Morgan fingerprint density at radius 1 is 1.19 bits per heavy atom. The molecule has 1 atom stereocenters. The van der Waals surface area contributed by atoms with Gasteiger partial charge in [-0.15, -0.1) is 0 Å². The smallest absolute Gasteiger partial charge is 0.315 e. The van der Waals surface area contributed by atoms with Crippen molar-refractivity contribution in [3.63, 3.8) is 0 Å². The minimum Gasteiger partial charge on any atom is -0.459 e. The molecule has 0 saturated carbocycles. The SMILES string of the molecule is C.Cc1ccc2c(c1)c1c(n2CC(C(=O)OC(C)(C)C)c2ccncc2)CCN(C)C1. The second-order valence-electron chi connectivity index (χ2n) is 9.41. The van der Waals surface area contributed by atoms with Crippen LogP contribution in [0, 0.1) is 6.92 Å². The zero-order valence-electron chi connectivity index (χ0n) is 18.6. The molecule has 1 aromatic carbocycles. The Kier molecular flexibility index (Phi) is 6.56. The third-order valence-electron chi connectivity index (χ3n) is 5.77. The quantitative estimate of drug-likeness (QED) is 0.550. The number of likely N-dealkylation sites (N-methyl/N-ethyl adjacent to an activating group) is 1. The molecule has 0 aliphatic carbocycles. The molecule has 4 rings (SSSR count). The van der Waals surface area contributed by atoms with Gasteiger partial charge in [0.2, 0.25) is 0 Å². The highest BCUT2D eigenvalue weighted by Crippen LogP contribution is 2.34. The summed E-state index contributed by atoms with van der Waals surface area (Å²) in [6.45, 7) is 10.4. The molecule has 2 aromatic heterocycles. The third-order valence-corrected chi connectivity index (χ3v) is 5.77. The fourth-order valence-electron chi connectivity index (χ4n) is 4.37. The van der Waals surface area contributed by atoms with E-state index in [2.05, 4.69) is 46.6 Å². The molecule has 3 aromatic rings. The van der Waals surface area contributed by atoms with Gasteiger partial charge in [0, 0.05) is 55.0 Å². The molecule has 0 saturated heterocycles. The largest absolute Gasteiger partial charge is 0.459 e. The Labute approximate surface area is 186 Å². The maximum Gasteiger partial charge on any atom is 0.315 e. The second kappa shape index (κ2) is 8.83. The van der Waals surface area contributed by atoms with Crippen LogP contribution in [0.2, 0.25) is 0 Å². The predicted molar refractivity (Wildman–Crippen MR) is 126 cm³/mol.